The van der Waals surface area contributed by atoms with Crippen molar-refractivity contribution in [1.29, 1.82) is 0 Å². The van der Waals surface area contributed by atoms with Gasteiger partial charge in [-0.05, 0) is 61.4 Å². The number of thioether (sulfide) groups is 1. The van der Waals surface area contributed by atoms with E-state index in [-0.39, 0.29) is 18.3 Å². The van der Waals surface area contributed by atoms with Gasteiger partial charge in [0.2, 0.25) is 5.91 Å². The van der Waals surface area contributed by atoms with E-state index in [1.165, 1.54) is 11.8 Å². The van der Waals surface area contributed by atoms with Crippen LogP contribution in [0.3, 0.4) is 0 Å². The summed E-state index contributed by atoms with van der Waals surface area (Å²) in [6, 6.07) is 13.1. The fourth-order valence-electron chi connectivity index (χ4n) is 2.20. The number of hydrazine groups is 1. The first-order valence-electron chi connectivity index (χ1n) is 8.02. The molecule has 138 valence electrons. The van der Waals surface area contributed by atoms with Crippen LogP contribution in [0.4, 0.5) is 0 Å². The van der Waals surface area contributed by atoms with Crippen LogP contribution < -0.4 is 20.3 Å². The molecule has 2 rings (SSSR count). The zero-order valence-corrected chi connectivity index (χ0v) is 15.8. The molecule has 0 aromatic heterocycles. The van der Waals surface area contributed by atoms with Crippen molar-refractivity contribution in [2.24, 2.45) is 0 Å². The van der Waals surface area contributed by atoms with Crippen LogP contribution in [0.15, 0.2) is 47.4 Å². The molecule has 2 N–H and O–H groups in total. The van der Waals surface area contributed by atoms with Gasteiger partial charge in [0, 0.05) is 4.90 Å². The molecule has 7 heteroatoms. The van der Waals surface area contributed by atoms with Crippen molar-refractivity contribution in [2.75, 3.05) is 19.5 Å². The fraction of sp³-hybridized carbons (Fsp3) is 0.263. The van der Waals surface area contributed by atoms with Crippen molar-refractivity contribution in [3.05, 3.63) is 53.6 Å². The first-order valence-corrected chi connectivity index (χ1v) is 9.00. The highest BCUT2D eigenvalue weighted by molar-refractivity contribution is 8.00. The average Bonchev–Trinajstić information content (AvgIpc) is 2.62. The van der Waals surface area contributed by atoms with E-state index < -0.39 is 5.91 Å². The summed E-state index contributed by atoms with van der Waals surface area (Å²) in [5.74, 6) is 0.844. The summed E-state index contributed by atoms with van der Waals surface area (Å²) in [7, 11) is 1.60. The minimum atomic E-state index is -0.424. The highest BCUT2D eigenvalue weighted by atomic mass is 32.2. The second-order valence-electron chi connectivity index (χ2n) is 5.67. The number of carbonyl (C=O) groups excluding carboxylic acids is 2. The third-order valence-electron chi connectivity index (χ3n) is 3.34. The average molecular weight is 374 g/mol. The van der Waals surface area contributed by atoms with E-state index in [9.17, 15) is 9.59 Å². The van der Waals surface area contributed by atoms with Crippen LogP contribution in [0.5, 0.6) is 11.5 Å². The lowest BCUT2D eigenvalue weighted by Gasteiger charge is -2.10. The van der Waals surface area contributed by atoms with Gasteiger partial charge in [0.05, 0.1) is 12.9 Å². The summed E-state index contributed by atoms with van der Waals surface area (Å²) < 4.78 is 10.5. The molecule has 2 amide bonds. The molecule has 0 aliphatic rings. The number of aryl methyl sites for hydroxylation is 2. The lowest BCUT2D eigenvalue weighted by atomic mass is 10.1. The number of rotatable bonds is 7. The van der Waals surface area contributed by atoms with Gasteiger partial charge in [-0.1, -0.05) is 6.07 Å². The van der Waals surface area contributed by atoms with Gasteiger partial charge in [0.25, 0.3) is 5.91 Å². The molecule has 0 bridgehead atoms. The Labute approximate surface area is 157 Å². The molecule has 0 unspecified atom stereocenters. The van der Waals surface area contributed by atoms with Gasteiger partial charge in [-0.3, -0.25) is 20.4 Å². The van der Waals surface area contributed by atoms with Crippen molar-refractivity contribution in [3.8, 4) is 11.5 Å². The second kappa shape index (κ2) is 9.72. The molecular formula is C19H22N2O4S. The van der Waals surface area contributed by atoms with E-state index in [1.807, 2.05) is 56.3 Å². The SMILES string of the molecule is COc1ccc(SCC(=O)NNC(=O)COc2cc(C)cc(C)c2)cc1. The van der Waals surface area contributed by atoms with Crippen LogP contribution in [0.1, 0.15) is 11.1 Å². The van der Waals surface area contributed by atoms with Crippen LogP contribution in [0.2, 0.25) is 0 Å². The molecule has 2 aromatic rings. The van der Waals surface area contributed by atoms with E-state index in [0.717, 1.165) is 21.8 Å². The lowest BCUT2D eigenvalue weighted by Crippen LogP contribution is -2.44. The molecule has 0 heterocycles. The van der Waals surface area contributed by atoms with Gasteiger partial charge in [0.15, 0.2) is 6.61 Å². The van der Waals surface area contributed by atoms with Gasteiger partial charge in [-0.25, -0.2) is 0 Å². The summed E-state index contributed by atoms with van der Waals surface area (Å²) >= 11 is 1.36. The normalized spacial score (nSPS) is 10.1. The number of hydrogen-bond acceptors (Lipinski definition) is 5. The number of methoxy groups -OCH3 is 1. The largest absolute Gasteiger partial charge is 0.497 e. The van der Waals surface area contributed by atoms with Crippen molar-refractivity contribution in [1.82, 2.24) is 10.9 Å². The van der Waals surface area contributed by atoms with Crippen LogP contribution in [-0.4, -0.2) is 31.3 Å². The molecule has 2 aromatic carbocycles. The molecular weight excluding hydrogens is 352 g/mol. The predicted molar refractivity (Wildman–Crippen MR) is 101 cm³/mol. The summed E-state index contributed by atoms with van der Waals surface area (Å²) in [6.45, 7) is 3.75. The summed E-state index contributed by atoms with van der Waals surface area (Å²) in [4.78, 5) is 24.5. The Morgan fingerprint density at radius 3 is 2.15 bits per heavy atom. The summed E-state index contributed by atoms with van der Waals surface area (Å²) in [5.41, 5.74) is 6.83. The molecule has 26 heavy (non-hydrogen) atoms. The minimum Gasteiger partial charge on any atom is -0.497 e. The number of nitrogens with one attached hydrogen (secondary N) is 2. The molecule has 6 nitrogen and oxygen atoms in total. The molecule has 0 spiro atoms. The standard InChI is InChI=1S/C19H22N2O4S/c1-13-8-14(2)10-16(9-13)25-11-18(22)20-21-19(23)12-26-17-6-4-15(24-3)5-7-17/h4-10H,11-12H2,1-3H3,(H,20,22)(H,21,23). The quantitative estimate of drug-likeness (QED) is 0.576. The highest BCUT2D eigenvalue weighted by Crippen LogP contribution is 2.20. The fourth-order valence-corrected chi connectivity index (χ4v) is 2.90. The zero-order valence-electron chi connectivity index (χ0n) is 15.0. The maximum Gasteiger partial charge on any atom is 0.276 e. The van der Waals surface area contributed by atoms with Crippen LogP contribution in [-0.2, 0) is 9.59 Å². The van der Waals surface area contributed by atoms with Crippen LogP contribution in [0, 0.1) is 13.8 Å². The topological polar surface area (TPSA) is 76.7 Å². The smallest absolute Gasteiger partial charge is 0.276 e. The van der Waals surface area contributed by atoms with Crippen LogP contribution in [0.25, 0.3) is 0 Å². The van der Waals surface area contributed by atoms with Crippen molar-refractivity contribution < 1.29 is 19.1 Å². The number of ether oxygens (including phenoxy) is 2. The maximum absolute atomic E-state index is 11.8. The Hall–Kier alpha value is -2.67. The molecule has 0 radical (unpaired) electrons. The van der Waals surface area contributed by atoms with Crippen molar-refractivity contribution in [2.45, 2.75) is 18.7 Å². The summed E-state index contributed by atoms with van der Waals surface area (Å²) in [5, 5.41) is 0. The van der Waals surface area contributed by atoms with Gasteiger partial charge < -0.3 is 9.47 Å². The van der Waals surface area contributed by atoms with Crippen molar-refractivity contribution >= 4 is 23.6 Å². The number of hydrogen-bond donors (Lipinski definition) is 2. The molecule has 0 aliphatic heterocycles. The Balaban J connectivity index is 1.68. The first-order chi connectivity index (χ1) is 12.5. The predicted octanol–water partition coefficient (Wildman–Crippen LogP) is 2.63. The number of carbonyl (C=O) groups is 2. The van der Waals surface area contributed by atoms with Gasteiger partial charge >= 0.3 is 0 Å². The first kappa shape index (κ1) is 19.7. The van der Waals surface area contributed by atoms with E-state index in [2.05, 4.69) is 10.9 Å². The maximum atomic E-state index is 11.8. The van der Waals surface area contributed by atoms with E-state index in [1.54, 1.807) is 7.11 Å². The van der Waals surface area contributed by atoms with E-state index >= 15 is 0 Å². The highest BCUT2D eigenvalue weighted by Gasteiger charge is 2.07. The molecule has 0 saturated carbocycles. The van der Waals surface area contributed by atoms with E-state index in [4.69, 9.17) is 9.47 Å². The van der Waals surface area contributed by atoms with Gasteiger partial charge in [-0.15, -0.1) is 11.8 Å². The lowest BCUT2D eigenvalue weighted by molar-refractivity contribution is -0.128. The summed E-state index contributed by atoms with van der Waals surface area (Å²) in [6.07, 6.45) is 0. The molecule has 0 saturated heterocycles. The van der Waals surface area contributed by atoms with Gasteiger partial charge in [-0.2, -0.15) is 0 Å². The minimum absolute atomic E-state index is 0.172. The van der Waals surface area contributed by atoms with Gasteiger partial charge in [0.1, 0.15) is 11.5 Å². The monoisotopic (exact) mass is 374 g/mol. The molecule has 0 atom stereocenters. The Morgan fingerprint density at radius 2 is 1.54 bits per heavy atom. The second-order valence-corrected chi connectivity index (χ2v) is 6.72. The third kappa shape index (κ3) is 6.68. The van der Waals surface area contributed by atoms with Crippen LogP contribution >= 0.6 is 11.8 Å². The Bertz CT molecular complexity index is 742. The third-order valence-corrected chi connectivity index (χ3v) is 4.35. The number of amides is 2. The Morgan fingerprint density at radius 1 is 0.923 bits per heavy atom. The molecule has 0 aliphatic carbocycles. The Kier molecular flexibility index (Phi) is 7.35. The zero-order chi connectivity index (χ0) is 18.9. The van der Waals surface area contributed by atoms with Crippen molar-refractivity contribution in [3.63, 3.8) is 0 Å². The molecule has 0 fully saturated rings. The van der Waals surface area contributed by atoms with E-state index in [0.29, 0.717) is 5.75 Å². The number of benzene rings is 2.